The fourth-order valence-corrected chi connectivity index (χ4v) is 4.63. The predicted octanol–water partition coefficient (Wildman–Crippen LogP) is 3.29. The van der Waals surface area contributed by atoms with Crippen LogP contribution in [0.15, 0.2) is 47.4 Å². The Morgan fingerprint density at radius 1 is 1.07 bits per heavy atom. The topological polar surface area (TPSA) is 90.3 Å². The van der Waals surface area contributed by atoms with E-state index < -0.39 is 10.0 Å². The van der Waals surface area contributed by atoms with Gasteiger partial charge in [0.2, 0.25) is 10.0 Å². The lowest BCUT2D eigenvalue weighted by Gasteiger charge is -2.26. The highest BCUT2D eigenvalue weighted by molar-refractivity contribution is 7.89. The Morgan fingerprint density at radius 2 is 1.74 bits per heavy atom. The van der Waals surface area contributed by atoms with E-state index >= 15 is 0 Å². The lowest BCUT2D eigenvalue weighted by atomic mass is 10.1. The number of benzene rings is 2. The van der Waals surface area contributed by atoms with Crippen LogP contribution in [0, 0.1) is 18.3 Å². The molecule has 0 unspecified atom stereocenters. The highest BCUT2D eigenvalue weighted by atomic mass is 32.2. The van der Waals surface area contributed by atoms with Gasteiger partial charge in [0.1, 0.15) is 0 Å². The standard InChI is InChI=1S/C20H21N3O3S/c1-15-5-10-18(27(25,26)23-11-3-2-4-12-23)13-19(15)20(24)22-17-8-6-16(14-21)7-9-17/h5-10,13H,2-4,11-12H2,1H3,(H,22,24). The van der Waals surface area contributed by atoms with Crippen molar-refractivity contribution < 1.29 is 13.2 Å². The molecule has 1 heterocycles. The molecule has 7 heteroatoms. The largest absolute Gasteiger partial charge is 0.322 e. The summed E-state index contributed by atoms with van der Waals surface area (Å²) in [6.07, 6.45) is 2.76. The molecule has 0 aromatic heterocycles. The summed E-state index contributed by atoms with van der Waals surface area (Å²) in [6, 6.07) is 13.2. The fourth-order valence-electron chi connectivity index (χ4n) is 3.09. The first-order valence-electron chi connectivity index (χ1n) is 8.84. The number of aryl methyl sites for hydroxylation is 1. The molecule has 140 valence electrons. The SMILES string of the molecule is Cc1ccc(S(=O)(=O)N2CCCCC2)cc1C(=O)Nc1ccc(C#N)cc1. The molecule has 2 aromatic rings. The summed E-state index contributed by atoms with van der Waals surface area (Å²) in [4.78, 5) is 12.8. The van der Waals surface area contributed by atoms with Crippen molar-refractivity contribution in [2.24, 2.45) is 0 Å². The van der Waals surface area contributed by atoms with Crippen LogP contribution in [0.4, 0.5) is 5.69 Å². The van der Waals surface area contributed by atoms with E-state index in [-0.39, 0.29) is 10.8 Å². The van der Waals surface area contributed by atoms with E-state index in [0.717, 1.165) is 19.3 Å². The van der Waals surface area contributed by atoms with E-state index in [4.69, 9.17) is 5.26 Å². The third-order valence-electron chi connectivity index (χ3n) is 4.68. The van der Waals surface area contributed by atoms with E-state index in [1.165, 1.54) is 10.4 Å². The van der Waals surface area contributed by atoms with Gasteiger partial charge in [-0.15, -0.1) is 0 Å². The number of nitrogens with zero attached hydrogens (tertiary/aromatic N) is 2. The van der Waals surface area contributed by atoms with Crippen molar-refractivity contribution in [1.29, 1.82) is 5.26 Å². The minimum atomic E-state index is -3.60. The number of piperidine rings is 1. The van der Waals surface area contributed by atoms with Crippen molar-refractivity contribution in [3.63, 3.8) is 0 Å². The van der Waals surface area contributed by atoms with E-state index in [9.17, 15) is 13.2 Å². The van der Waals surface area contributed by atoms with Gasteiger partial charge >= 0.3 is 0 Å². The van der Waals surface area contributed by atoms with Gasteiger partial charge in [0, 0.05) is 24.3 Å². The number of amides is 1. The van der Waals surface area contributed by atoms with Crippen LogP contribution in [-0.4, -0.2) is 31.7 Å². The first-order chi connectivity index (χ1) is 12.9. The van der Waals surface area contributed by atoms with Gasteiger partial charge < -0.3 is 5.32 Å². The third-order valence-corrected chi connectivity index (χ3v) is 6.57. The second kappa shape index (κ2) is 7.91. The summed E-state index contributed by atoms with van der Waals surface area (Å²) < 4.78 is 27.2. The Kier molecular flexibility index (Phi) is 5.59. The maximum Gasteiger partial charge on any atom is 0.255 e. The Balaban J connectivity index is 1.86. The Labute approximate surface area is 159 Å². The minimum absolute atomic E-state index is 0.139. The van der Waals surface area contributed by atoms with Gasteiger partial charge in [-0.2, -0.15) is 9.57 Å². The van der Waals surface area contributed by atoms with Crippen LogP contribution in [0.25, 0.3) is 0 Å². The molecule has 1 saturated heterocycles. The van der Waals surface area contributed by atoms with Crippen molar-refractivity contribution in [1.82, 2.24) is 4.31 Å². The summed E-state index contributed by atoms with van der Waals surface area (Å²) in [5.74, 6) is -0.382. The number of rotatable bonds is 4. The molecule has 1 fully saturated rings. The first kappa shape index (κ1) is 19.1. The van der Waals surface area contributed by atoms with Gasteiger partial charge in [-0.3, -0.25) is 4.79 Å². The predicted molar refractivity (Wildman–Crippen MR) is 103 cm³/mol. The van der Waals surface area contributed by atoms with E-state index in [2.05, 4.69) is 5.32 Å². The normalized spacial score (nSPS) is 15.1. The molecule has 1 aliphatic rings. The number of hydrogen-bond acceptors (Lipinski definition) is 4. The van der Waals surface area contributed by atoms with Crippen molar-refractivity contribution >= 4 is 21.6 Å². The number of sulfonamides is 1. The zero-order valence-corrected chi connectivity index (χ0v) is 15.9. The minimum Gasteiger partial charge on any atom is -0.322 e. The molecule has 0 atom stereocenters. The smallest absolute Gasteiger partial charge is 0.255 e. The summed E-state index contributed by atoms with van der Waals surface area (Å²) in [5, 5.41) is 11.6. The third kappa shape index (κ3) is 4.18. The molecular formula is C20H21N3O3S. The molecule has 6 nitrogen and oxygen atoms in total. The van der Waals surface area contributed by atoms with Crippen LogP contribution in [0.5, 0.6) is 0 Å². The number of carbonyl (C=O) groups is 1. The highest BCUT2D eigenvalue weighted by Gasteiger charge is 2.27. The van der Waals surface area contributed by atoms with Crippen LogP contribution >= 0.6 is 0 Å². The van der Waals surface area contributed by atoms with Gasteiger partial charge in [0.15, 0.2) is 0 Å². The van der Waals surface area contributed by atoms with Gasteiger partial charge in [-0.05, 0) is 61.7 Å². The molecule has 2 aromatic carbocycles. The summed E-state index contributed by atoms with van der Waals surface area (Å²) >= 11 is 0. The van der Waals surface area contributed by atoms with Crippen molar-refractivity contribution in [3.8, 4) is 6.07 Å². The van der Waals surface area contributed by atoms with E-state index in [1.807, 2.05) is 6.07 Å². The monoisotopic (exact) mass is 383 g/mol. The van der Waals surface area contributed by atoms with Gasteiger partial charge in [0.05, 0.1) is 16.5 Å². The van der Waals surface area contributed by atoms with Gasteiger partial charge in [-0.25, -0.2) is 8.42 Å². The number of hydrogen-bond donors (Lipinski definition) is 1. The van der Waals surface area contributed by atoms with Crippen molar-refractivity contribution in [3.05, 3.63) is 59.2 Å². The lowest BCUT2D eigenvalue weighted by Crippen LogP contribution is -2.35. The maximum atomic E-state index is 12.9. The first-order valence-corrected chi connectivity index (χ1v) is 10.3. The molecule has 0 radical (unpaired) electrons. The fraction of sp³-hybridized carbons (Fsp3) is 0.300. The number of anilines is 1. The number of nitriles is 1. The molecular weight excluding hydrogens is 362 g/mol. The number of carbonyl (C=O) groups excluding carboxylic acids is 1. The Bertz CT molecular complexity index is 986. The second-order valence-electron chi connectivity index (χ2n) is 6.58. The second-order valence-corrected chi connectivity index (χ2v) is 8.52. The van der Waals surface area contributed by atoms with Crippen LogP contribution in [-0.2, 0) is 10.0 Å². The molecule has 0 spiro atoms. The van der Waals surface area contributed by atoms with Crippen LogP contribution in [0.3, 0.4) is 0 Å². The summed E-state index contributed by atoms with van der Waals surface area (Å²) in [5.41, 5.74) is 2.05. The van der Waals surface area contributed by atoms with E-state index in [1.54, 1.807) is 43.3 Å². The molecule has 0 saturated carbocycles. The van der Waals surface area contributed by atoms with Crippen LogP contribution in [0.2, 0.25) is 0 Å². The summed E-state index contributed by atoms with van der Waals surface area (Å²) in [7, 11) is -3.60. The zero-order valence-electron chi connectivity index (χ0n) is 15.1. The lowest BCUT2D eigenvalue weighted by molar-refractivity contribution is 0.102. The van der Waals surface area contributed by atoms with Crippen molar-refractivity contribution in [2.75, 3.05) is 18.4 Å². The Hall–Kier alpha value is -2.69. The maximum absolute atomic E-state index is 12.9. The molecule has 0 aliphatic carbocycles. The Morgan fingerprint density at radius 3 is 2.37 bits per heavy atom. The van der Waals surface area contributed by atoms with Gasteiger partial charge in [-0.1, -0.05) is 12.5 Å². The average molecular weight is 383 g/mol. The molecule has 1 N–H and O–H groups in total. The molecule has 1 aliphatic heterocycles. The number of nitrogens with one attached hydrogen (secondary N) is 1. The molecule has 1 amide bonds. The quantitative estimate of drug-likeness (QED) is 0.877. The molecule has 0 bridgehead atoms. The summed E-state index contributed by atoms with van der Waals surface area (Å²) in [6.45, 7) is 2.80. The van der Waals surface area contributed by atoms with Gasteiger partial charge in [0.25, 0.3) is 5.91 Å². The average Bonchev–Trinajstić information content (AvgIpc) is 2.69. The molecule has 3 rings (SSSR count). The zero-order chi connectivity index (χ0) is 19.4. The molecule has 27 heavy (non-hydrogen) atoms. The van der Waals surface area contributed by atoms with E-state index in [0.29, 0.717) is 35.5 Å². The highest BCUT2D eigenvalue weighted by Crippen LogP contribution is 2.23. The van der Waals surface area contributed by atoms with Crippen molar-refractivity contribution in [2.45, 2.75) is 31.1 Å². The van der Waals surface area contributed by atoms with Crippen LogP contribution in [0.1, 0.15) is 40.7 Å². The van der Waals surface area contributed by atoms with Crippen LogP contribution < -0.4 is 5.32 Å².